The molecule has 2 N–H and O–H groups in total. The zero-order valence-electron chi connectivity index (χ0n) is 12.6. The largest absolute Gasteiger partial charge is 0.396 e. The highest BCUT2D eigenvalue weighted by Gasteiger charge is 2.23. The first-order chi connectivity index (χ1) is 10.6. The molecule has 0 aromatic carbocycles. The Labute approximate surface area is 129 Å². The van der Waals surface area contributed by atoms with E-state index >= 15 is 0 Å². The van der Waals surface area contributed by atoms with Crippen LogP contribution in [0.15, 0.2) is 36.7 Å². The van der Waals surface area contributed by atoms with Crippen LogP contribution >= 0.6 is 0 Å². The van der Waals surface area contributed by atoms with Gasteiger partial charge in [-0.1, -0.05) is 0 Å². The van der Waals surface area contributed by atoms with E-state index in [0.717, 1.165) is 24.6 Å². The van der Waals surface area contributed by atoms with Crippen LogP contribution in [0.25, 0.3) is 0 Å². The van der Waals surface area contributed by atoms with Crippen molar-refractivity contribution in [1.82, 2.24) is 14.9 Å². The first-order valence-corrected chi connectivity index (χ1v) is 7.32. The van der Waals surface area contributed by atoms with Gasteiger partial charge in [-0.25, -0.2) is 4.98 Å². The third kappa shape index (κ3) is 2.86. The molecule has 0 bridgehead atoms. The highest BCUT2D eigenvalue weighted by molar-refractivity contribution is 5.94. The smallest absolute Gasteiger partial charge is 0.255 e. The zero-order chi connectivity index (χ0) is 15.5. The summed E-state index contributed by atoms with van der Waals surface area (Å²) in [4.78, 5) is 24.9. The molecule has 2 aromatic heterocycles. The molecule has 0 radical (unpaired) electrons. The van der Waals surface area contributed by atoms with Crippen molar-refractivity contribution < 1.29 is 4.79 Å². The molecular formula is C16H19N5O. The van der Waals surface area contributed by atoms with Gasteiger partial charge in [0, 0.05) is 44.3 Å². The molecule has 0 unspecified atom stereocenters. The maximum Gasteiger partial charge on any atom is 0.255 e. The number of hydrogen-bond acceptors (Lipinski definition) is 5. The molecule has 6 heteroatoms. The van der Waals surface area contributed by atoms with Crippen LogP contribution in [0.4, 0.5) is 11.5 Å². The van der Waals surface area contributed by atoms with E-state index in [0.29, 0.717) is 24.3 Å². The number of aryl methyl sites for hydroxylation is 1. The molecule has 1 saturated heterocycles. The van der Waals surface area contributed by atoms with Gasteiger partial charge in [-0.3, -0.25) is 9.78 Å². The number of nitrogens with two attached hydrogens (primary N) is 1. The molecule has 3 heterocycles. The van der Waals surface area contributed by atoms with Crippen LogP contribution in [0, 0.1) is 6.92 Å². The Balaban J connectivity index is 1.68. The summed E-state index contributed by atoms with van der Waals surface area (Å²) in [6.07, 6.45) is 3.27. The minimum absolute atomic E-state index is 0.0259. The lowest BCUT2D eigenvalue weighted by atomic mass is 10.2. The van der Waals surface area contributed by atoms with Gasteiger partial charge in [0.05, 0.1) is 11.3 Å². The third-order valence-electron chi connectivity index (χ3n) is 3.82. The summed E-state index contributed by atoms with van der Waals surface area (Å²) < 4.78 is 0. The van der Waals surface area contributed by atoms with Crippen LogP contribution in [0.2, 0.25) is 0 Å². The highest BCUT2D eigenvalue weighted by atomic mass is 16.2. The number of carbonyl (C=O) groups excluding carboxylic acids is 1. The van der Waals surface area contributed by atoms with Crippen molar-refractivity contribution in [1.29, 1.82) is 0 Å². The van der Waals surface area contributed by atoms with E-state index in [4.69, 9.17) is 5.73 Å². The first-order valence-electron chi connectivity index (χ1n) is 7.32. The van der Waals surface area contributed by atoms with Gasteiger partial charge in [0.1, 0.15) is 0 Å². The van der Waals surface area contributed by atoms with E-state index in [1.165, 1.54) is 0 Å². The summed E-state index contributed by atoms with van der Waals surface area (Å²) in [5, 5.41) is 0. The normalized spacial score (nSPS) is 15.0. The second-order valence-electron chi connectivity index (χ2n) is 5.39. The van der Waals surface area contributed by atoms with Crippen LogP contribution in [-0.2, 0) is 0 Å². The van der Waals surface area contributed by atoms with Gasteiger partial charge in [-0.05, 0) is 31.2 Å². The standard InChI is InChI=1S/C16H19N5O/c1-12-4-5-14(17)15(19-12)20-7-9-21(10-8-20)16(22)13-3-2-6-18-11-13/h2-6,11H,7-10,17H2,1H3. The lowest BCUT2D eigenvalue weighted by molar-refractivity contribution is 0.0746. The molecule has 6 nitrogen and oxygen atoms in total. The lowest BCUT2D eigenvalue weighted by Crippen LogP contribution is -2.49. The number of carbonyl (C=O) groups is 1. The average molecular weight is 297 g/mol. The number of hydrogen-bond donors (Lipinski definition) is 1. The number of piperazine rings is 1. The minimum Gasteiger partial charge on any atom is -0.396 e. The SMILES string of the molecule is Cc1ccc(N)c(N2CCN(C(=O)c3cccnc3)CC2)n1. The quantitative estimate of drug-likeness (QED) is 0.905. The van der Waals surface area contributed by atoms with Crippen LogP contribution in [0.3, 0.4) is 0 Å². The molecule has 22 heavy (non-hydrogen) atoms. The lowest BCUT2D eigenvalue weighted by Gasteiger charge is -2.36. The predicted molar refractivity (Wildman–Crippen MR) is 85.7 cm³/mol. The van der Waals surface area contributed by atoms with Crippen LogP contribution in [0.1, 0.15) is 16.1 Å². The minimum atomic E-state index is 0.0259. The maximum atomic E-state index is 12.4. The number of aromatic nitrogens is 2. The van der Waals surface area contributed by atoms with E-state index < -0.39 is 0 Å². The molecule has 1 aliphatic rings. The fourth-order valence-electron chi connectivity index (χ4n) is 2.60. The molecule has 0 aliphatic carbocycles. The van der Waals surface area contributed by atoms with Crippen molar-refractivity contribution in [2.75, 3.05) is 36.8 Å². The van der Waals surface area contributed by atoms with Gasteiger partial charge in [0.25, 0.3) is 5.91 Å². The molecule has 3 rings (SSSR count). The summed E-state index contributed by atoms with van der Waals surface area (Å²) in [6.45, 7) is 4.72. The van der Waals surface area contributed by atoms with Gasteiger partial charge in [-0.15, -0.1) is 0 Å². The fraction of sp³-hybridized carbons (Fsp3) is 0.312. The number of anilines is 2. The molecule has 1 aliphatic heterocycles. The van der Waals surface area contributed by atoms with Crippen LogP contribution in [0.5, 0.6) is 0 Å². The molecule has 0 spiro atoms. The van der Waals surface area contributed by atoms with Gasteiger partial charge < -0.3 is 15.5 Å². The number of rotatable bonds is 2. The Kier molecular flexibility index (Phi) is 3.91. The van der Waals surface area contributed by atoms with E-state index in [-0.39, 0.29) is 5.91 Å². The predicted octanol–water partition coefficient (Wildman–Crippen LogP) is 1.33. The van der Waals surface area contributed by atoms with Crippen molar-refractivity contribution in [3.05, 3.63) is 47.9 Å². The van der Waals surface area contributed by atoms with Gasteiger partial charge in [-0.2, -0.15) is 0 Å². The van der Waals surface area contributed by atoms with E-state index in [9.17, 15) is 4.79 Å². The van der Waals surface area contributed by atoms with Crippen molar-refractivity contribution in [2.45, 2.75) is 6.92 Å². The average Bonchev–Trinajstić information content (AvgIpc) is 2.57. The Morgan fingerprint density at radius 2 is 1.95 bits per heavy atom. The molecule has 114 valence electrons. The number of nitrogens with zero attached hydrogens (tertiary/aromatic N) is 4. The third-order valence-corrected chi connectivity index (χ3v) is 3.82. The van der Waals surface area contributed by atoms with Crippen molar-refractivity contribution in [3.63, 3.8) is 0 Å². The highest BCUT2D eigenvalue weighted by Crippen LogP contribution is 2.22. The molecule has 1 amide bonds. The summed E-state index contributed by atoms with van der Waals surface area (Å²) in [5.74, 6) is 0.839. The summed E-state index contributed by atoms with van der Waals surface area (Å²) in [5.41, 5.74) is 8.26. The second-order valence-corrected chi connectivity index (χ2v) is 5.39. The molecule has 0 atom stereocenters. The van der Waals surface area contributed by atoms with Crippen LogP contribution < -0.4 is 10.6 Å². The topological polar surface area (TPSA) is 75.3 Å². The summed E-state index contributed by atoms with van der Waals surface area (Å²) in [6, 6.07) is 7.36. The summed E-state index contributed by atoms with van der Waals surface area (Å²) in [7, 11) is 0. The first kappa shape index (κ1) is 14.3. The number of amides is 1. The molecule has 0 saturated carbocycles. The Hall–Kier alpha value is -2.63. The fourth-order valence-corrected chi connectivity index (χ4v) is 2.60. The molecular weight excluding hydrogens is 278 g/mol. The van der Waals surface area contributed by atoms with Gasteiger partial charge >= 0.3 is 0 Å². The Morgan fingerprint density at radius 1 is 1.18 bits per heavy atom. The van der Waals surface area contributed by atoms with Gasteiger partial charge in [0.15, 0.2) is 5.82 Å². The Bertz CT molecular complexity index is 665. The van der Waals surface area contributed by atoms with Crippen molar-refractivity contribution >= 4 is 17.4 Å². The summed E-state index contributed by atoms with van der Waals surface area (Å²) >= 11 is 0. The van der Waals surface area contributed by atoms with E-state index in [1.54, 1.807) is 24.5 Å². The number of nitrogen functional groups attached to an aromatic ring is 1. The second kappa shape index (κ2) is 6.01. The van der Waals surface area contributed by atoms with Crippen LogP contribution in [-0.4, -0.2) is 47.0 Å². The van der Waals surface area contributed by atoms with Crippen molar-refractivity contribution in [3.8, 4) is 0 Å². The van der Waals surface area contributed by atoms with E-state index in [1.807, 2.05) is 24.0 Å². The zero-order valence-corrected chi connectivity index (χ0v) is 12.6. The monoisotopic (exact) mass is 297 g/mol. The maximum absolute atomic E-state index is 12.4. The van der Waals surface area contributed by atoms with Crippen molar-refractivity contribution in [2.24, 2.45) is 0 Å². The molecule has 1 fully saturated rings. The Morgan fingerprint density at radius 3 is 2.64 bits per heavy atom. The number of pyridine rings is 2. The molecule has 2 aromatic rings. The van der Waals surface area contributed by atoms with Gasteiger partial charge in [0.2, 0.25) is 0 Å². The van der Waals surface area contributed by atoms with E-state index in [2.05, 4.69) is 14.9 Å².